The van der Waals surface area contributed by atoms with Crippen molar-refractivity contribution in [2.24, 2.45) is 35.5 Å². The molecule has 4 aliphatic rings. The van der Waals surface area contributed by atoms with Crippen LogP contribution < -0.4 is 0 Å². The Morgan fingerprint density at radius 2 is 1.10 bits per heavy atom. The SMILES string of the molecule is C1[C@H]2C[C@H]2[C@H]2C[C@H]2[C@H]2C[C@@H]12. The fourth-order valence-corrected chi connectivity index (χ4v) is 3.74. The summed E-state index contributed by atoms with van der Waals surface area (Å²) in [6.07, 6.45) is 6.54. The summed E-state index contributed by atoms with van der Waals surface area (Å²) in [6.45, 7) is 0. The highest BCUT2D eigenvalue weighted by Gasteiger charge is 2.64. The second kappa shape index (κ2) is 1.19. The molecule has 0 saturated heterocycles. The van der Waals surface area contributed by atoms with Crippen molar-refractivity contribution in [1.29, 1.82) is 0 Å². The first-order valence-electron chi connectivity index (χ1n) is 4.93. The van der Waals surface area contributed by atoms with Crippen LogP contribution in [0.25, 0.3) is 0 Å². The lowest BCUT2D eigenvalue weighted by atomic mass is 10.1. The predicted octanol–water partition coefficient (Wildman–Crippen LogP) is 2.30. The van der Waals surface area contributed by atoms with E-state index >= 15 is 0 Å². The summed E-state index contributed by atoms with van der Waals surface area (Å²) >= 11 is 0. The lowest BCUT2D eigenvalue weighted by Crippen LogP contribution is -1.85. The van der Waals surface area contributed by atoms with E-state index in [4.69, 9.17) is 0 Å². The molecule has 10 heavy (non-hydrogen) atoms. The highest BCUT2D eigenvalue weighted by Crippen LogP contribution is 2.72. The predicted molar refractivity (Wildman–Crippen MR) is 39.4 cm³/mol. The van der Waals surface area contributed by atoms with Gasteiger partial charge < -0.3 is 0 Å². The van der Waals surface area contributed by atoms with E-state index in [0.717, 1.165) is 0 Å². The second-order valence-electron chi connectivity index (χ2n) is 5.12. The molecule has 54 valence electrons. The summed E-state index contributed by atoms with van der Waals surface area (Å²) < 4.78 is 0. The zero-order valence-corrected chi connectivity index (χ0v) is 6.29. The van der Waals surface area contributed by atoms with Gasteiger partial charge in [0.05, 0.1) is 0 Å². The maximum atomic E-state index is 1.64. The second-order valence-corrected chi connectivity index (χ2v) is 5.12. The van der Waals surface area contributed by atoms with Crippen LogP contribution in [0.2, 0.25) is 0 Å². The molecule has 6 atom stereocenters. The van der Waals surface area contributed by atoms with E-state index in [2.05, 4.69) is 0 Å². The van der Waals surface area contributed by atoms with Crippen LogP contribution in [-0.2, 0) is 0 Å². The molecule has 4 saturated carbocycles. The van der Waals surface area contributed by atoms with Crippen LogP contribution in [0.3, 0.4) is 0 Å². The maximum absolute atomic E-state index is 1.64. The van der Waals surface area contributed by atoms with Crippen molar-refractivity contribution >= 4 is 0 Å². The molecule has 0 heteroatoms. The van der Waals surface area contributed by atoms with Crippen molar-refractivity contribution < 1.29 is 0 Å². The van der Waals surface area contributed by atoms with Crippen LogP contribution in [0.4, 0.5) is 0 Å². The standard InChI is InChI=1S/C10H14/c1-5-2-7(5)9-4-10(9)8-3-6(1)8/h5-10H,1-4H2/t5-,6+,7+,8-,9+,10-. The van der Waals surface area contributed by atoms with Crippen LogP contribution >= 0.6 is 0 Å². The van der Waals surface area contributed by atoms with E-state index in [0.29, 0.717) is 0 Å². The average Bonchev–Trinajstić information content (AvgIpc) is 2.62. The number of hydrogen-bond donors (Lipinski definition) is 0. The van der Waals surface area contributed by atoms with Gasteiger partial charge in [0.15, 0.2) is 0 Å². The minimum absolute atomic E-state index is 1.23. The first-order chi connectivity index (χ1) is 4.93. The zero-order valence-electron chi connectivity index (χ0n) is 6.29. The van der Waals surface area contributed by atoms with Gasteiger partial charge in [-0.3, -0.25) is 0 Å². The Kier molecular flexibility index (Phi) is 0.570. The maximum Gasteiger partial charge on any atom is -0.0349 e. The van der Waals surface area contributed by atoms with Gasteiger partial charge in [0.1, 0.15) is 0 Å². The third kappa shape index (κ3) is 0.436. The molecule has 0 radical (unpaired) electrons. The summed E-state index contributed by atoms with van der Waals surface area (Å²) in [6, 6.07) is 0. The molecule has 4 aliphatic carbocycles. The molecule has 0 amide bonds. The lowest BCUT2D eigenvalue weighted by molar-refractivity contribution is 0.576. The van der Waals surface area contributed by atoms with Gasteiger partial charge in [0, 0.05) is 0 Å². The largest absolute Gasteiger partial charge is 0.0470 e. The van der Waals surface area contributed by atoms with Crippen LogP contribution in [0.1, 0.15) is 25.7 Å². The first kappa shape index (κ1) is 4.79. The molecule has 0 aromatic rings. The van der Waals surface area contributed by atoms with Gasteiger partial charge in [-0.2, -0.15) is 0 Å². The zero-order chi connectivity index (χ0) is 6.29. The van der Waals surface area contributed by atoms with Crippen molar-refractivity contribution in [1.82, 2.24) is 0 Å². The first-order valence-corrected chi connectivity index (χ1v) is 4.93. The number of fused-ring (bicyclic) bond motifs is 5. The van der Waals surface area contributed by atoms with Gasteiger partial charge in [-0.1, -0.05) is 0 Å². The summed E-state index contributed by atoms with van der Waals surface area (Å²) in [7, 11) is 0. The van der Waals surface area contributed by atoms with E-state index in [1.165, 1.54) is 35.5 Å². The Balaban J connectivity index is 1.72. The van der Waals surface area contributed by atoms with Crippen LogP contribution in [0.5, 0.6) is 0 Å². The third-order valence-electron chi connectivity index (χ3n) is 4.55. The van der Waals surface area contributed by atoms with Gasteiger partial charge in [0.25, 0.3) is 0 Å². The third-order valence-corrected chi connectivity index (χ3v) is 4.55. The summed E-state index contributed by atoms with van der Waals surface area (Å²) in [5, 5.41) is 0. The van der Waals surface area contributed by atoms with Crippen LogP contribution in [0, 0.1) is 35.5 Å². The Hall–Kier alpha value is 0. The molecule has 0 N–H and O–H groups in total. The van der Waals surface area contributed by atoms with Gasteiger partial charge >= 0.3 is 0 Å². The molecule has 0 aliphatic heterocycles. The van der Waals surface area contributed by atoms with E-state index in [1.807, 2.05) is 0 Å². The normalized spacial score (nSPS) is 74.4. The Labute approximate surface area is 62.0 Å². The molecule has 0 bridgehead atoms. The molecular weight excluding hydrogens is 120 g/mol. The molecule has 0 aromatic carbocycles. The van der Waals surface area contributed by atoms with Crippen LogP contribution in [-0.4, -0.2) is 0 Å². The van der Waals surface area contributed by atoms with Crippen molar-refractivity contribution in [3.8, 4) is 0 Å². The van der Waals surface area contributed by atoms with Gasteiger partial charge in [-0.05, 0) is 61.2 Å². The number of hydrogen-bond acceptors (Lipinski definition) is 0. The molecule has 0 unspecified atom stereocenters. The summed E-state index contributed by atoms with van der Waals surface area (Å²) in [4.78, 5) is 0. The molecule has 0 spiro atoms. The van der Waals surface area contributed by atoms with Crippen molar-refractivity contribution in [2.75, 3.05) is 0 Å². The Morgan fingerprint density at radius 1 is 0.500 bits per heavy atom. The quantitative estimate of drug-likeness (QED) is 0.477. The molecule has 0 heterocycles. The smallest absolute Gasteiger partial charge is 0.0349 e. The van der Waals surface area contributed by atoms with Crippen molar-refractivity contribution in [2.45, 2.75) is 25.7 Å². The fraction of sp³-hybridized carbons (Fsp3) is 1.00. The van der Waals surface area contributed by atoms with Crippen molar-refractivity contribution in [3.05, 3.63) is 0 Å². The number of rotatable bonds is 0. The summed E-state index contributed by atoms with van der Waals surface area (Å²) in [5.41, 5.74) is 0. The van der Waals surface area contributed by atoms with E-state index in [9.17, 15) is 0 Å². The molecule has 0 aromatic heterocycles. The van der Waals surface area contributed by atoms with E-state index < -0.39 is 0 Å². The van der Waals surface area contributed by atoms with Crippen molar-refractivity contribution in [3.63, 3.8) is 0 Å². The molecule has 4 fully saturated rings. The molecular formula is C10H14. The topological polar surface area (TPSA) is 0 Å². The average molecular weight is 134 g/mol. The minimum atomic E-state index is 1.23. The van der Waals surface area contributed by atoms with Crippen LogP contribution in [0.15, 0.2) is 0 Å². The minimum Gasteiger partial charge on any atom is -0.0470 e. The highest BCUT2D eigenvalue weighted by molar-refractivity contribution is 5.13. The Morgan fingerprint density at radius 3 is 1.70 bits per heavy atom. The Bertz CT molecular complexity index is 176. The van der Waals surface area contributed by atoms with Gasteiger partial charge in [0.2, 0.25) is 0 Å². The van der Waals surface area contributed by atoms with Gasteiger partial charge in [-0.25, -0.2) is 0 Å². The molecule has 4 rings (SSSR count). The van der Waals surface area contributed by atoms with E-state index in [1.54, 1.807) is 25.7 Å². The van der Waals surface area contributed by atoms with Gasteiger partial charge in [-0.15, -0.1) is 0 Å². The summed E-state index contributed by atoms with van der Waals surface area (Å²) in [5.74, 6) is 7.46. The lowest BCUT2D eigenvalue weighted by Gasteiger charge is -1.91. The highest BCUT2D eigenvalue weighted by atomic mass is 14.7. The molecule has 0 nitrogen and oxygen atoms in total. The van der Waals surface area contributed by atoms with E-state index in [-0.39, 0.29) is 0 Å². The fourth-order valence-electron chi connectivity index (χ4n) is 3.74. The monoisotopic (exact) mass is 134 g/mol.